The number of anilines is 1. The third-order valence-corrected chi connectivity index (χ3v) is 5.01. The second-order valence-electron chi connectivity index (χ2n) is 7.24. The molecule has 0 aliphatic carbocycles. The first-order valence-electron chi connectivity index (χ1n) is 10.1. The topological polar surface area (TPSA) is 105 Å². The van der Waals surface area contributed by atoms with Crippen molar-refractivity contribution in [3.8, 4) is 0 Å². The van der Waals surface area contributed by atoms with Crippen molar-refractivity contribution in [3.05, 3.63) is 65.2 Å². The third-order valence-electron chi connectivity index (χ3n) is 5.01. The smallest absolute Gasteiger partial charge is 0.325 e. The molecule has 3 rings (SSSR count). The van der Waals surface area contributed by atoms with Gasteiger partial charge in [0.25, 0.3) is 11.8 Å². The lowest BCUT2D eigenvalue weighted by Gasteiger charge is -2.15. The van der Waals surface area contributed by atoms with Crippen LogP contribution >= 0.6 is 0 Å². The lowest BCUT2D eigenvalue weighted by atomic mass is 10.1. The molecule has 0 bridgehead atoms. The highest BCUT2D eigenvalue weighted by molar-refractivity contribution is 5.98. The van der Waals surface area contributed by atoms with Crippen LogP contribution in [0.25, 0.3) is 0 Å². The fraction of sp³-hybridized carbons (Fsp3) is 0.304. The van der Waals surface area contributed by atoms with Gasteiger partial charge in [0.15, 0.2) is 6.61 Å². The van der Waals surface area contributed by atoms with Crippen LogP contribution in [0.3, 0.4) is 0 Å². The zero-order valence-corrected chi connectivity index (χ0v) is 17.3. The van der Waals surface area contributed by atoms with Gasteiger partial charge in [0.2, 0.25) is 5.91 Å². The van der Waals surface area contributed by atoms with Gasteiger partial charge in [-0.25, -0.2) is 0 Å². The van der Waals surface area contributed by atoms with Gasteiger partial charge < -0.3 is 20.3 Å². The average Bonchev–Trinajstić information content (AvgIpc) is 3.21. The molecule has 8 nitrogen and oxygen atoms in total. The maximum atomic E-state index is 12.2. The summed E-state index contributed by atoms with van der Waals surface area (Å²) >= 11 is 0. The highest BCUT2D eigenvalue weighted by Gasteiger charge is 2.21. The molecule has 1 heterocycles. The molecule has 0 spiro atoms. The highest BCUT2D eigenvalue weighted by atomic mass is 16.5. The maximum absolute atomic E-state index is 12.2. The Hall–Kier alpha value is -3.68. The number of hydrogen-bond acceptors (Lipinski definition) is 5. The SMILES string of the molecule is Cc1ccccc1CNC(=O)COC(=O)CNC(=O)c1ccc(N2CCCC2=O)cc1. The average molecular weight is 423 g/mol. The molecule has 2 aromatic carbocycles. The van der Waals surface area contributed by atoms with E-state index in [1.807, 2.05) is 31.2 Å². The second kappa shape index (κ2) is 10.4. The van der Waals surface area contributed by atoms with Crippen LogP contribution in [0.5, 0.6) is 0 Å². The first-order chi connectivity index (χ1) is 14.9. The van der Waals surface area contributed by atoms with Crippen molar-refractivity contribution in [2.24, 2.45) is 0 Å². The minimum Gasteiger partial charge on any atom is -0.454 e. The fourth-order valence-electron chi connectivity index (χ4n) is 3.22. The number of benzene rings is 2. The predicted octanol–water partition coefficient (Wildman–Crippen LogP) is 1.71. The number of esters is 1. The molecule has 2 aromatic rings. The van der Waals surface area contributed by atoms with E-state index in [1.54, 1.807) is 29.2 Å². The van der Waals surface area contributed by atoms with E-state index in [-0.39, 0.29) is 12.5 Å². The molecule has 1 aliphatic heterocycles. The molecule has 2 N–H and O–H groups in total. The van der Waals surface area contributed by atoms with Gasteiger partial charge in [-0.2, -0.15) is 0 Å². The number of rotatable bonds is 8. The van der Waals surface area contributed by atoms with Crippen molar-refractivity contribution in [2.45, 2.75) is 26.3 Å². The van der Waals surface area contributed by atoms with E-state index in [0.29, 0.717) is 25.1 Å². The summed E-state index contributed by atoms with van der Waals surface area (Å²) < 4.78 is 4.90. The van der Waals surface area contributed by atoms with Crippen molar-refractivity contribution in [1.82, 2.24) is 10.6 Å². The summed E-state index contributed by atoms with van der Waals surface area (Å²) in [5, 5.41) is 5.15. The van der Waals surface area contributed by atoms with Crippen LogP contribution in [0.1, 0.15) is 34.3 Å². The molecular weight excluding hydrogens is 398 g/mol. The third kappa shape index (κ3) is 6.15. The lowest BCUT2D eigenvalue weighted by Crippen LogP contribution is -2.33. The number of nitrogens with one attached hydrogen (secondary N) is 2. The molecule has 0 atom stereocenters. The van der Waals surface area contributed by atoms with Crippen molar-refractivity contribution in [3.63, 3.8) is 0 Å². The summed E-state index contributed by atoms with van der Waals surface area (Å²) in [6.07, 6.45) is 1.36. The molecule has 0 radical (unpaired) electrons. The monoisotopic (exact) mass is 423 g/mol. The van der Waals surface area contributed by atoms with E-state index >= 15 is 0 Å². The first-order valence-corrected chi connectivity index (χ1v) is 10.1. The number of amides is 3. The Morgan fingerprint density at radius 1 is 1.03 bits per heavy atom. The van der Waals surface area contributed by atoms with Gasteiger partial charge in [0.05, 0.1) is 0 Å². The molecule has 0 unspecified atom stereocenters. The number of carbonyl (C=O) groups is 4. The van der Waals surface area contributed by atoms with Crippen LogP contribution in [0.4, 0.5) is 5.69 Å². The van der Waals surface area contributed by atoms with Crippen molar-refractivity contribution >= 4 is 29.4 Å². The zero-order valence-electron chi connectivity index (χ0n) is 17.3. The van der Waals surface area contributed by atoms with E-state index in [9.17, 15) is 19.2 Å². The van der Waals surface area contributed by atoms with E-state index in [4.69, 9.17) is 4.74 Å². The zero-order chi connectivity index (χ0) is 22.2. The first kappa shape index (κ1) is 22.0. The summed E-state index contributed by atoms with van der Waals surface area (Å²) in [5.41, 5.74) is 3.14. The minimum absolute atomic E-state index is 0.0721. The van der Waals surface area contributed by atoms with E-state index in [1.165, 1.54) is 0 Å². The Bertz CT molecular complexity index is 971. The van der Waals surface area contributed by atoms with Crippen LogP contribution in [0.15, 0.2) is 48.5 Å². The van der Waals surface area contributed by atoms with E-state index in [2.05, 4.69) is 10.6 Å². The van der Waals surface area contributed by atoms with Gasteiger partial charge in [-0.1, -0.05) is 24.3 Å². The molecule has 1 saturated heterocycles. The van der Waals surface area contributed by atoms with Crippen molar-refractivity contribution in [1.29, 1.82) is 0 Å². The van der Waals surface area contributed by atoms with Gasteiger partial charge in [-0.3, -0.25) is 19.2 Å². The largest absolute Gasteiger partial charge is 0.454 e. The Balaban J connectivity index is 1.38. The second-order valence-corrected chi connectivity index (χ2v) is 7.24. The van der Waals surface area contributed by atoms with Gasteiger partial charge in [0, 0.05) is 30.8 Å². The van der Waals surface area contributed by atoms with Crippen LogP contribution in [-0.4, -0.2) is 43.4 Å². The van der Waals surface area contributed by atoms with E-state index < -0.39 is 24.4 Å². The molecule has 1 aliphatic rings. The fourth-order valence-corrected chi connectivity index (χ4v) is 3.22. The minimum atomic E-state index is -0.710. The lowest BCUT2D eigenvalue weighted by molar-refractivity contribution is -0.147. The highest BCUT2D eigenvalue weighted by Crippen LogP contribution is 2.21. The number of ether oxygens (including phenoxy) is 1. The van der Waals surface area contributed by atoms with Gasteiger partial charge in [-0.05, 0) is 48.7 Å². The Labute approximate surface area is 180 Å². The molecule has 8 heteroatoms. The van der Waals surface area contributed by atoms with Crippen molar-refractivity contribution < 1.29 is 23.9 Å². The molecule has 31 heavy (non-hydrogen) atoms. The van der Waals surface area contributed by atoms with Crippen LogP contribution in [0.2, 0.25) is 0 Å². The summed E-state index contributed by atoms with van der Waals surface area (Å²) in [5.74, 6) is -1.50. The summed E-state index contributed by atoms with van der Waals surface area (Å²) in [7, 11) is 0. The van der Waals surface area contributed by atoms with Gasteiger partial charge >= 0.3 is 5.97 Å². The molecule has 162 valence electrons. The van der Waals surface area contributed by atoms with Crippen LogP contribution < -0.4 is 15.5 Å². The molecule has 0 aromatic heterocycles. The summed E-state index contributed by atoms with van der Waals surface area (Å²) in [4.78, 5) is 49.3. The summed E-state index contributed by atoms with van der Waals surface area (Å²) in [6, 6.07) is 14.3. The normalized spacial score (nSPS) is 13.1. The number of nitrogens with zero attached hydrogens (tertiary/aromatic N) is 1. The van der Waals surface area contributed by atoms with E-state index in [0.717, 1.165) is 23.2 Å². The Kier molecular flexibility index (Phi) is 7.37. The number of hydrogen-bond donors (Lipinski definition) is 2. The standard InChI is InChI=1S/C23H25N3O5/c1-16-5-2-3-6-18(16)13-24-20(27)15-31-22(29)14-25-23(30)17-8-10-19(11-9-17)26-12-4-7-21(26)28/h2-3,5-6,8-11H,4,7,12-15H2,1H3,(H,24,27)(H,25,30). The van der Waals surface area contributed by atoms with Crippen LogP contribution in [0, 0.1) is 6.92 Å². The number of aryl methyl sites for hydroxylation is 1. The summed E-state index contributed by atoms with van der Waals surface area (Å²) in [6.45, 7) is 2.20. The molecule has 1 fully saturated rings. The quantitative estimate of drug-likeness (QED) is 0.629. The molecule has 3 amide bonds. The number of carbonyl (C=O) groups excluding carboxylic acids is 4. The van der Waals surface area contributed by atoms with Gasteiger partial charge in [-0.15, -0.1) is 0 Å². The Morgan fingerprint density at radius 3 is 2.45 bits per heavy atom. The van der Waals surface area contributed by atoms with Gasteiger partial charge in [0.1, 0.15) is 6.54 Å². The maximum Gasteiger partial charge on any atom is 0.325 e. The van der Waals surface area contributed by atoms with Crippen LogP contribution in [-0.2, 0) is 25.7 Å². The molecule has 0 saturated carbocycles. The Morgan fingerprint density at radius 2 is 1.77 bits per heavy atom. The predicted molar refractivity (Wildman–Crippen MR) is 114 cm³/mol. The molecular formula is C23H25N3O5. The van der Waals surface area contributed by atoms with Crippen molar-refractivity contribution in [2.75, 3.05) is 24.6 Å².